The van der Waals surface area contributed by atoms with Gasteiger partial charge in [-0.2, -0.15) is 0 Å². The Balaban J connectivity index is 1.95. The van der Waals surface area contributed by atoms with Gasteiger partial charge in [-0.15, -0.1) is 0 Å². The second-order valence-electron chi connectivity index (χ2n) is 14.5. The zero-order valence-electron chi connectivity index (χ0n) is 32.6. The smallest absolute Gasteiger partial charge is 0.0642 e. The molecule has 1 heteroatoms. The summed E-state index contributed by atoms with van der Waals surface area (Å²) in [6.07, 6.45) is 29.0. The van der Waals surface area contributed by atoms with Crippen LogP contribution in [0.2, 0.25) is 0 Å². The van der Waals surface area contributed by atoms with Crippen molar-refractivity contribution < 1.29 is 0 Å². The Hall–Kier alpha value is -2.93. The molecule has 1 nitrogen and oxygen atoms in total. The van der Waals surface area contributed by atoms with Crippen LogP contribution >= 0.6 is 0 Å². The van der Waals surface area contributed by atoms with E-state index in [9.17, 15) is 0 Å². The van der Waals surface area contributed by atoms with Crippen molar-refractivity contribution in [3.63, 3.8) is 0 Å². The summed E-state index contributed by atoms with van der Waals surface area (Å²) in [7, 11) is 0. The molecule has 0 amide bonds. The van der Waals surface area contributed by atoms with Gasteiger partial charge in [0.1, 0.15) is 0 Å². The lowest BCUT2D eigenvalue weighted by Crippen LogP contribution is -2.02. The maximum absolute atomic E-state index is 5.42. The number of aryl methyl sites for hydroxylation is 3. The summed E-state index contributed by atoms with van der Waals surface area (Å²) in [5, 5.41) is 0. The Morgan fingerprint density at radius 2 is 1.10 bits per heavy atom. The number of hydrogen-bond donors (Lipinski definition) is 0. The van der Waals surface area contributed by atoms with Crippen LogP contribution in [0.15, 0.2) is 71.2 Å². The van der Waals surface area contributed by atoms with Gasteiger partial charge in [0.2, 0.25) is 0 Å². The molecule has 0 atom stereocenters. The van der Waals surface area contributed by atoms with Crippen molar-refractivity contribution in [2.24, 2.45) is 4.99 Å². The third-order valence-electron chi connectivity index (χ3n) is 10.3. The van der Waals surface area contributed by atoms with E-state index in [0.717, 1.165) is 24.9 Å². The summed E-state index contributed by atoms with van der Waals surface area (Å²) < 4.78 is 0. The third kappa shape index (κ3) is 14.4. The first-order valence-corrected chi connectivity index (χ1v) is 20.6. The van der Waals surface area contributed by atoms with E-state index in [1.807, 2.05) is 0 Å². The van der Waals surface area contributed by atoms with Crippen LogP contribution in [0.3, 0.4) is 0 Å². The van der Waals surface area contributed by atoms with Crippen LogP contribution in [0, 0.1) is 0 Å². The average Bonchev–Trinajstić information content (AvgIpc) is 3.12. The van der Waals surface area contributed by atoms with Crippen molar-refractivity contribution in [1.82, 2.24) is 0 Å². The van der Waals surface area contributed by atoms with E-state index in [1.165, 1.54) is 149 Å². The SMILES string of the molecule is CCCCCCCCc1ccc(C=C(C)C(CC)=Nc2cc(CCCCCC)c(CCCCCC)c(-c3ccccc3)c2)cc1CCCC. The Kier molecular flexibility index (Phi) is 20.0. The minimum atomic E-state index is 0.923. The Morgan fingerprint density at radius 1 is 0.531 bits per heavy atom. The van der Waals surface area contributed by atoms with Crippen molar-refractivity contribution in [2.45, 2.75) is 176 Å². The summed E-state index contributed by atoms with van der Waals surface area (Å²) in [6, 6.07) is 23.2. The van der Waals surface area contributed by atoms with Crippen LogP contribution in [0.25, 0.3) is 17.2 Å². The predicted octanol–water partition coefficient (Wildman–Crippen LogP) is 15.4. The first-order chi connectivity index (χ1) is 24.0. The van der Waals surface area contributed by atoms with Crippen LogP contribution in [0.5, 0.6) is 0 Å². The molecule has 0 spiro atoms. The highest BCUT2D eigenvalue weighted by molar-refractivity contribution is 6.04. The Labute approximate surface area is 303 Å². The minimum Gasteiger partial charge on any atom is -0.253 e. The van der Waals surface area contributed by atoms with Gasteiger partial charge in [0, 0.05) is 5.71 Å². The standard InChI is InChI=1S/C48H71N/c1-7-12-16-19-20-23-28-41-34-33-40(36-43(41)27-15-10-4)35-39(6)48(11-5)49-45-37-44(31-22-17-13-8-2)46(32-26-18-14-9-3)47(38-45)42-29-24-21-25-30-42/h21,24-25,29-30,33-38H,7-20,22-23,26-28,31-32H2,1-6H3. The van der Waals surface area contributed by atoms with Gasteiger partial charge in [-0.05, 0) is 121 Å². The monoisotopic (exact) mass is 662 g/mol. The molecule has 0 saturated carbocycles. The molecule has 3 aromatic carbocycles. The molecule has 0 aliphatic heterocycles. The lowest BCUT2D eigenvalue weighted by atomic mass is 9.88. The van der Waals surface area contributed by atoms with Gasteiger partial charge in [0.15, 0.2) is 0 Å². The second-order valence-corrected chi connectivity index (χ2v) is 14.5. The lowest BCUT2D eigenvalue weighted by molar-refractivity contribution is 0.606. The van der Waals surface area contributed by atoms with Crippen molar-refractivity contribution in [2.75, 3.05) is 0 Å². The van der Waals surface area contributed by atoms with Gasteiger partial charge in [-0.25, -0.2) is 0 Å². The molecule has 0 saturated heterocycles. The molecule has 0 unspecified atom stereocenters. The molecule has 0 heterocycles. The lowest BCUT2D eigenvalue weighted by Gasteiger charge is -2.18. The summed E-state index contributed by atoms with van der Waals surface area (Å²) in [4.78, 5) is 5.42. The summed E-state index contributed by atoms with van der Waals surface area (Å²) in [5.74, 6) is 0. The molecule has 3 aromatic rings. The normalized spacial score (nSPS) is 12.2. The van der Waals surface area contributed by atoms with Crippen molar-refractivity contribution in [3.8, 4) is 11.1 Å². The molecule has 49 heavy (non-hydrogen) atoms. The molecule has 0 aromatic heterocycles. The fraction of sp³-hybridized carbons (Fsp3) is 0.562. The molecule has 0 aliphatic rings. The topological polar surface area (TPSA) is 12.4 Å². The highest BCUT2D eigenvalue weighted by atomic mass is 14.7. The predicted molar refractivity (Wildman–Crippen MR) is 221 cm³/mol. The third-order valence-corrected chi connectivity index (χ3v) is 10.3. The molecule has 0 radical (unpaired) electrons. The molecular formula is C48H71N. The van der Waals surface area contributed by atoms with E-state index in [0.29, 0.717) is 0 Å². The molecule has 268 valence electrons. The summed E-state index contributed by atoms with van der Waals surface area (Å²) in [5.41, 5.74) is 13.8. The number of unbranched alkanes of at least 4 members (excludes halogenated alkanes) is 12. The van der Waals surface area contributed by atoms with Crippen molar-refractivity contribution in [1.29, 1.82) is 0 Å². The number of allylic oxidation sites excluding steroid dienone is 1. The van der Waals surface area contributed by atoms with Crippen molar-refractivity contribution in [3.05, 3.63) is 94.1 Å². The van der Waals surface area contributed by atoms with E-state index >= 15 is 0 Å². The maximum Gasteiger partial charge on any atom is 0.0642 e. The van der Waals surface area contributed by atoms with E-state index < -0.39 is 0 Å². The fourth-order valence-corrected chi connectivity index (χ4v) is 7.25. The number of rotatable bonds is 25. The molecular weight excluding hydrogens is 591 g/mol. The minimum absolute atomic E-state index is 0.923. The highest BCUT2D eigenvalue weighted by Crippen LogP contribution is 2.34. The van der Waals surface area contributed by atoms with Crippen molar-refractivity contribution >= 4 is 17.5 Å². The van der Waals surface area contributed by atoms with Gasteiger partial charge in [0.05, 0.1) is 5.69 Å². The van der Waals surface area contributed by atoms with Crippen LogP contribution in [-0.2, 0) is 25.7 Å². The Morgan fingerprint density at radius 3 is 1.76 bits per heavy atom. The van der Waals surface area contributed by atoms with E-state index in [1.54, 1.807) is 16.7 Å². The zero-order chi connectivity index (χ0) is 35.1. The summed E-state index contributed by atoms with van der Waals surface area (Å²) in [6.45, 7) is 13.8. The van der Waals surface area contributed by atoms with Gasteiger partial charge in [0.25, 0.3) is 0 Å². The van der Waals surface area contributed by atoms with Gasteiger partial charge < -0.3 is 0 Å². The zero-order valence-corrected chi connectivity index (χ0v) is 32.6. The average molecular weight is 662 g/mol. The molecule has 0 fully saturated rings. The quantitative estimate of drug-likeness (QED) is 0.0633. The molecule has 0 aliphatic carbocycles. The van der Waals surface area contributed by atoms with Crippen LogP contribution in [0.1, 0.15) is 179 Å². The van der Waals surface area contributed by atoms with E-state index in [-0.39, 0.29) is 0 Å². The van der Waals surface area contributed by atoms with E-state index in [2.05, 4.69) is 108 Å². The first kappa shape index (κ1) is 40.5. The second kappa shape index (κ2) is 24.3. The Bertz CT molecular complexity index is 1390. The molecule has 0 N–H and O–H groups in total. The van der Waals surface area contributed by atoms with Gasteiger partial charge in [-0.1, -0.05) is 166 Å². The van der Waals surface area contributed by atoms with Crippen LogP contribution in [-0.4, -0.2) is 5.71 Å². The number of hydrogen-bond acceptors (Lipinski definition) is 1. The fourth-order valence-electron chi connectivity index (χ4n) is 7.25. The number of nitrogens with zero attached hydrogens (tertiary/aromatic N) is 1. The summed E-state index contributed by atoms with van der Waals surface area (Å²) >= 11 is 0. The molecule has 0 bridgehead atoms. The van der Waals surface area contributed by atoms with Crippen LogP contribution in [0.4, 0.5) is 5.69 Å². The van der Waals surface area contributed by atoms with Crippen LogP contribution < -0.4 is 0 Å². The number of aliphatic imine (C=N–C) groups is 1. The van der Waals surface area contributed by atoms with Gasteiger partial charge in [-0.3, -0.25) is 4.99 Å². The van der Waals surface area contributed by atoms with Gasteiger partial charge >= 0.3 is 0 Å². The van der Waals surface area contributed by atoms with E-state index in [4.69, 9.17) is 4.99 Å². The molecule has 3 rings (SSSR count). The number of benzene rings is 3. The maximum atomic E-state index is 5.42. The highest BCUT2D eigenvalue weighted by Gasteiger charge is 2.14. The largest absolute Gasteiger partial charge is 0.253 e. The first-order valence-electron chi connectivity index (χ1n) is 20.6.